The van der Waals surface area contributed by atoms with E-state index in [2.05, 4.69) is 6.55 Å². The fraction of sp³-hybridized carbons (Fsp3) is 1.00. The summed E-state index contributed by atoms with van der Waals surface area (Å²) in [7, 11) is -2.08. The van der Waals surface area contributed by atoms with Crippen molar-refractivity contribution in [2.45, 2.75) is 46.1 Å². The van der Waals surface area contributed by atoms with Crippen LogP contribution in [-0.4, -0.2) is 34.6 Å². The molecule has 0 saturated carbocycles. The minimum Gasteiger partial charge on any atom is -0.395 e. The summed E-state index contributed by atoms with van der Waals surface area (Å²) in [4.78, 5) is 0. The molecule has 0 heterocycles. The number of hydrogen-bond acceptors (Lipinski definition) is 4. The zero-order valence-electron chi connectivity index (χ0n) is 10.4. The predicted molar refractivity (Wildman–Crippen MR) is 63.9 cm³/mol. The van der Waals surface area contributed by atoms with Crippen LogP contribution in [0.1, 0.15) is 27.2 Å². The van der Waals surface area contributed by atoms with Crippen LogP contribution >= 0.6 is 0 Å². The summed E-state index contributed by atoms with van der Waals surface area (Å²) in [5.41, 5.74) is 5.50. The molecule has 0 aromatic carbocycles. The lowest BCUT2D eigenvalue weighted by Crippen LogP contribution is -2.42. The molecule has 0 spiro atoms. The van der Waals surface area contributed by atoms with E-state index in [1.165, 1.54) is 0 Å². The van der Waals surface area contributed by atoms with Crippen molar-refractivity contribution in [3.8, 4) is 0 Å². The molecule has 0 aliphatic carbocycles. The third-order valence-electron chi connectivity index (χ3n) is 2.10. The maximum atomic E-state index is 5.86. The molecule has 0 aromatic heterocycles. The van der Waals surface area contributed by atoms with E-state index < -0.39 is 8.56 Å². The molecule has 0 fully saturated rings. The zero-order valence-corrected chi connectivity index (χ0v) is 11.4. The zero-order chi connectivity index (χ0) is 11.7. The van der Waals surface area contributed by atoms with Crippen molar-refractivity contribution in [3.05, 3.63) is 0 Å². The molecule has 2 unspecified atom stereocenters. The minimum absolute atomic E-state index is 0.184. The molecular formula is C10H25NO3Si. The Bertz CT molecular complexity index is 160. The number of nitrogens with two attached hydrogens (primary N) is 1. The van der Waals surface area contributed by atoms with Gasteiger partial charge in [-0.15, -0.1) is 0 Å². The van der Waals surface area contributed by atoms with Gasteiger partial charge in [0.05, 0.1) is 0 Å². The molecule has 0 aromatic rings. The second-order valence-corrected chi connectivity index (χ2v) is 6.89. The first-order valence-electron chi connectivity index (χ1n) is 5.71. The van der Waals surface area contributed by atoms with Crippen molar-refractivity contribution >= 4 is 8.56 Å². The van der Waals surface area contributed by atoms with Crippen LogP contribution in [0.4, 0.5) is 0 Å². The molecule has 0 rings (SSSR count). The van der Waals surface area contributed by atoms with Crippen LogP contribution in [0, 0.1) is 0 Å². The van der Waals surface area contributed by atoms with Gasteiger partial charge in [-0.05, 0) is 46.3 Å². The Hall–Kier alpha value is 0.0569. The van der Waals surface area contributed by atoms with Gasteiger partial charge in [-0.1, -0.05) is 0 Å². The molecule has 92 valence electrons. The van der Waals surface area contributed by atoms with Crippen LogP contribution in [0.5, 0.6) is 0 Å². The molecule has 0 bridgehead atoms. The molecule has 0 aliphatic heterocycles. The highest BCUT2D eigenvalue weighted by Gasteiger charge is 2.32. The Kier molecular flexibility index (Phi) is 8.27. The maximum absolute atomic E-state index is 5.86. The lowest BCUT2D eigenvalue weighted by atomic mass is 10.5. The predicted octanol–water partition coefficient (Wildman–Crippen LogP) is 1.84. The molecule has 4 nitrogen and oxygen atoms in total. The molecule has 0 amide bonds. The van der Waals surface area contributed by atoms with E-state index in [1.807, 2.05) is 20.8 Å². The standard InChI is InChI=1S/C10H25NO3Si/c1-5-12-10(3)14-15(4,13-6-2)9-7-8-11/h10H,5-9,11H2,1-4H3. The summed E-state index contributed by atoms with van der Waals surface area (Å²) < 4.78 is 17.0. The van der Waals surface area contributed by atoms with Crippen LogP contribution in [0.2, 0.25) is 12.6 Å². The summed E-state index contributed by atoms with van der Waals surface area (Å²) in [5, 5.41) is 0. The normalized spacial score (nSPS) is 17.4. The van der Waals surface area contributed by atoms with Crippen LogP contribution in [0.15, 0.2) is 0 Å². The topological polar surface area (TPSA) is 53.7 Å². The Balaban J connectivity index is 4.09. The summed E-state index contributed by atoms with van der Waals surface area (Å²) in [6, 6.07) is 0.925. The van der Waals surface area contributed by atoms with Crippen molar-refractivity contribution in [2.24, 2.45) is 5.73 Å². The number of hydrogen-bond donors (Lipinski definition) is 1. The van der Waals surface area contributed by atoms with E-state index in [-0.39, 0.29) is 6.29 Å². The summed E-state index contributed by atoms with van der Waals surface area (Å²) in [6.07, 6.45) is 0.762. The molecule has 2 N–H and O–H groups in total. The first-order valence-corrected chi connectivity index (χ1v) is 8.23. The van der Waals surface area contributed by atoms with Gasteiger partial charge in [0.1, 0.15) is 6.29 Å². The Morgan fingerprint density at radius 3 is 2.40 bits per heavy atom. The van der Waals surface area contributed by atoms with Crippen molar-refractivity contribution in [3.63, 3.8) is 0 Å². The van der Waals surface area contributed by atoms with Crippen molar-refractivity contribution in [1.29, 1.82) is 0 Å². The average molecular weight is 235 g/mol. The van der Waals surface area contributed by atoms with Gasteiger partial charge >= 0.3 is 8.56 Å². The van der Waals surface area contributed by atoms with Crippen LogP contribution in [0.25, 0.3) is 0 Å². The first-order chi connectivity index (χ1) is 7.08. The Morgan fingerprint density at radius 2 is 1.93 bits per heavy atom. The highest BCUT2D eigenvalue weighted by atomic mass is 28.4. The van der Waals surface area contributed by atoms with Crippen molar-refractivity contribution in [1.82, 2.24) is 0 Å². The average Bonchev–Trinajstić information content (AvgIpc) is 2.15. The number of rotatable bonds is 9. The van der Waals surface area contributed by atoms with Crippen molar-refractivity contribution in [2.75, 3.05) is 19.8 Å². The smallest absolute Gasteiger partial charge is 0.336 e. The second kappa shape index (κ2) is 8.24. The largest absolute Gasteiger partial charge is 0.395 e. The van der Waals surface area contributed by atoms with Gasteiger partial charge in [-0.25, -0.2) is 0 Å². The van der Waals surface area contributed by atoms with Gasteiger partial charge in [-0.3, -0.25) is 0 Å². The fourth-order valence-electron chi connectivity index (χ4n) is 1.51. The van der Waals surface area contributed by atoms with Gasteiger partial charge in [0, 0.05) is 13.2 Å². The monoisotopic (exact) mass is 235 g/mol. The van der Waals surface area contributed by atoms with E-state index in [0.29, 0.717) is 19.8 Å². The van der Waals surface area contributed by atoms with Gasteiger partial charge in [-0.2, -0.15) is 0 Å². The lowest BCUT2D eigenvalue weighted by molar-refractivity contribution is -0.0817. The highest BCUT2D eigenvalue weighted by Crippen LogP contribution is 2.18. The van der Waals surface area contributed by atoms with E-state index in [4.69, 9.17) is 19.3 Å². The van der Waals surface area contributed by atoms with E-state index in [9.17, 15) is 0 Å². The summed E-state index contributed by atoms with van der Waals surface area (Å²) >= 11 is 0. The van der Waals surface area contributed by atoms with Gasteiger partial charge < -0.3 is 19.3 Å². The van der Waals surface area contributed by atoms with E-state index in [0.717, 1.165) is 12.5 Å². The molecule has 15 heavy (non-hydrogen) atoms. The molecule has 5 heteroatoms. The van der Waals surface area contributed by atoms with Crippen LogP contribution < -0.4 is 5.73 Å². The third kappa shape index (κ3) is 7.02. The van der Waals surface area contributed by atoms with Crippen molar-refractivity contribution < 1.29 is 13.6 Å². The molecule has 0 radical (unpaired) electrons. The maximum Gasteiger partial charge on any atom is 0.336 e. The fourth-order valence-corrected chi connectivity index (χ4v) is 4.07. The van der Waals surface area contributed by atoms with Gasteiger partial charge in [0.25, 0.3) is 0 Å². The summed E-state index contributed by atoms with van der Waals surface area (Å²) in [6.45, 7) is 9.96. The molecular weight excluding hydrogens is 210 g/mol. The first kappa shape index (κ1) is 15.1. The van der Waals surface area contributed by atoms with Gasteiger partial charge in [0.2, 0.25) is 0 Å². The number of ether oxygens (including phenoxy) is 1. The third-order valence-corrected chi connectivity index (χ3v) is 5.09. The highest BCUT2D eigenvalue weighted by molar-refractivity contribution is 6.66. The Labute approximate surface area is 94.3 Å². The quantitative estimate of drug-likeness (QED) is 0.489. The van der Waals surface area contributed by atoms with Crippen LogP contribution in [-0.2, 0) is 13.6 Å². The van der Waals surface area contributed by atoms with E-state index >= 15 is 0 Å². The second-order valence-electron chi connectivity index (χ2n) is 3.60. The molecule has 0 saturated heterocycles. The SMILES string of the molecule is CCOC(C)O[Si](C)(CCCN)OCC. The molecule has 0 aliphatic rings. The lowest BCUT2D eigenvalue weighted by Gasteiger charge is -2.29. The van der Waals surface area contributed by atoms with E-state index in [1.54, 1.807) is 0 Å². The van der Waals surface area contributed by atoms with Crippen LogP contribution in [0.3, 0.4) is 0 Å². The van der Waals surface area contributed by atoms with Gasteiger partial charge in [0.15, 0.2) is 0 Å². The minimum atomic E-state index is -2.08. The summed E-state index contributed by atoms with van der Waals surface area (Å²) in [5.74, 6) is 0. The Morgan fingerprint density at radius 1 is 1.27 bits per heavy atom. The molecule has 2 atom stereocenters.